The lowest BCUT2D eigenvalue weighted by molar-refractivity contribution is -0.116. The molecule has 0 aliphatic heterocycles. The summed E-state index contributed by atoms with van der Waals surface area (Å²) >= 11 is 2.22. The van der Waals surface area contributed by atoms with Crippen LogP contribution in [0, 0.1) is 10.5 Å². The zero-order chi connectivity index (χ0) is 15.2. The van der Waals surface area contributed by atoms with Crippen LogP contribution in [0.1, 0.15) is 22.5 Å². The predicted molar refractivity (Wildman–Crippen MR) is 88.2 cm³/mol. The van der Waals surface area contributed by atoms with Crippen molar-refractivity contribution in [2.45, 2.75) is 13.3 Å². The second-order valence-electron chi connectivity index (χ2n) is 4.50. The van der Waals surface area contributed by atoms with Gasteiger partial charge >= 0.3 is 0 Å². The van der Waals surface area contributed by atoms with Gasteiger partial charge in [0.15, 0.2) is 5.76 Å². The summed E-state index contributed by atoms with van der Waals surface area (Å²) in [6, 6.07) is 8.94. The van der Waals surface area contributed by atoms with Gasteiger partial charge in [-0.3, -0.25) is 9.59 Å². The molecule has 0 spiro atoms. The molecular formula is C15H15IN2O3. The van der Waals surface area contributed by atoms with Crippen molar-refractivity contribution in [1.82, 2.24) is 5.32 Å². The first-order valence-corrected chi connectivity index (χ1v) is 7.52. The van der Waals surface area contributed by atoms with E-state index in [1.54, 1.807) is 12.1 Å². The van der Waals surface area contributed by atoms with Crippen LogP contribution >= 0.6 is 22.6 Å². The fourth-order valence-corrected chi connectivity index (χ4v) is 2.19. The highest BCUT2D eigenvalue weighted by atomic mass is 127. The third-order valence-corrected chi connectivity index (χ3v) is 4.00. The molecule has 0 radical (unpaired) electrons. The molecule has 1 heterocycles. The van der Waals surface area contributed by atoms with Gasteiger partial charge in [-0.25, -0.2) is 0 Å². The van der Waals surface area contributed by atoms with Gasteiger partial charge in [-0.2, -0.15) is 0 Å². The van der Waals surface area contributed by atoms with Crippen LogP contribution in [0.25, 0.3) is 0 Å². The summed E-state index contributed by atoms with van der Waals surface area (Å²) in [7, 11) is 0. The maximum Gasteiger partial charge on any atom is 0.286 e. The van der Waals surface area contributed by atoms with Crippen LogP contribution in [0.4, 0.5) is 5.69 Å². The normalized spacial score (nSPS) is 10.2. The number of hydrogen-bond acceptors (Lipinski definition) is 3. The summed E-state index contributed by atoms with van der Waals surface area (Å²) < 4.78 is 6.05. The number of benzene rings is 1. The van der Waals surface area contributed by atoms with Crippen LogP contribution in [0.2, 0.25) is 0 Å². The largest absolute Gasteiger partial charge is 0.459 e. The van der Waals surface area contributed by atoms with Gasteiger partial charge in [-0.15, -0.1) is 0 Å². The monoisotopic (exact) mass is 398 g/mol. The Kier molecular flexibility index (Phi) is 5.38. The van der Waals surface area contributed by atoms with Crippen LogP contribution in [0.3, 0.4) is 0 Å². The molecule has 0 atom stereocenters. The van der Waals surface area contributed by atoms with E-state index in [2.05, 4.69) is 33.2 Å². The van der Waals surface area contributed by atoms with E-state index >= 15 is 0 Å². The molecule has 1 aromatic heterocycles. The highest BCUT2D eigenvalue weighted by Crippen LogP contribution is 2.17. The highest BCUT2D eigenvalue weighted by molar-refractivity contribution is 14.1. The van der Waals surface area contributed by atoms with Gasteiger partial charge in [-0.05, 0) is 59.3 Å². The molecule has 2 amide bonds. The van der Waals surface area contributed by atoms with Crippen LogP contribution in [-0.4, -0.2) is 18.4 Å². The van der Waals surface area contributed by atoms with Gasteiger partial charge < -0.3 is 15.1 Å². The molecule has 5 nitrogen and oxygen atoms in total. The highest BCUT2D eigenvalue weighted by Gasteiger charge is 2.09. The predicted octanol–water partition coefficient (Wildman–Crippen LogP) is 2.95. The van der Waals surface area contributed by atoms with Crippen molar-refractivity contribution in [3.63, 3.8) is 0 Å². The van der Waals surface area contributed by atoms with E-state index in [1.165, 1.54) is 11.8 Å². The number of nitrogens with one attached hydrogen (secondary N) is 2. The molecule has 0 aliphatic rings. The smallest absolute Gasteiger partial charge is 0.286 e. The first-order valence-electron chi connectivity index (χ1n) is 6.44. The van der Waals surface area contributed by atoms with Gasteiger partial charge in [0.1, 0.15) is 0 Å². The Labute approximate surface area is 136 Å². The molecule has 0 saturated heterocycles. The second kappa shape index (κ2) is 7.26. The molecular weight excluding hydrogens is 383 g/mol. The summed E-state index contributed by atoms with van der Waals surface area (Å²) in [6.45, 7) is 2.27. The Hall–Kier alpha value is -1.83. The SMILES string of the molecule is Cc1ccc(NC(=O)CCNC(=O)c2ccco2)cc1I. The zero-order valence-corrected chi connectivity index (χ0v) is 13.6. The van der Waals surface area contributed by atoms with Crippen molar-refractivity contribution in [2.24, 2.45) is 0 Å². The molecule has 2 N–H and O–H groups in total. The minimum absolute atomic E-state index is 0.144. The number of halogens is 1. The van der Waals surface area contributed by atoms with Crippen LogP contribution in [-0.2, 0) is 4.79 Å². The minimum Gasteiger partial charge on any atom is -0.459 e. The van der Waals surface area contributed by atoms with E-state index in [0.717, 1.165) is 9.26 Å². The quantitative estimate of drug-likeness (QED) is 0.761. The van der Waals surface area contributed by atoms with Gasteiger partial charge in [0, 0.05) is 22.2 Å². The summed E-state index contributed by atoms with van der Waals surface area (Å²) in [6.07, 6.45) is 1.64. The van der Waals surface area contributed by atoms with Gasteiger partial charge in [0.25, 0.3) is 5.91 Å². The summed E-state index contributed by atoms with van der Waals surface area (Å²) in [4.78, 5) is 23.4. The van der Waals surface area contributed by atoms with Crippen LogP contribution in [0.5, 0.6) is 0 Å². The van der Waals surface area contributed by atoms with Gasteiger partial charge in [0.05, 0.1) is 6.26 Å². The Balaban J connectivity index is 1.77. The minimum atomic E-state index is -0.322. The Morgan fingerprint density at radius 1 is 1.29 bits per heavy atom. The number of anilines is 1. The molecule has 0 aliphatic carbocycles. The van der Waals surface area contributed by atoms with Crippen molar-refractivity contribution in [1.29, 1.82) is 0 Å². The average molecular weight is 398 g/mol. The van der Waals surface area contributed by atoms with Crippen molar-refractivity contribution in [3.05, 3.63) is 51.5 Å². The lowest BCUT2D eigenvalue weighted by Crippen LogP contribution is -2.27. The number of amides is 2. The van der Waals surface area contributed by atoms with Gasteiger partial charge in [0.2, 0.25) is 5.91 Å². The molecule has 21 heavy (non-hydrogen) atoms. The molecule has 2 aromatic rings. The molecule has 110 valence electrons. The summed E-state index contributed by atoms with van der Waals surface area (Å²) in [5, 5.41) is 5.43. The maximum atomic E-state index is 11.8. The van der Waals surface area contributed by atoms with Gasteiger partial charge in [-0.1, -0.05) is 6.07 Å². The first-order chi connectivity index (χ1) is 10.1. The molecule has 0 bridgehead atoms. The standard InChI is InChI=1S/C15H15IN2O3/c1-10-4-5-11(9-12(10)16)18-14(19)6-7-17-15(20)13-3-2-8-21-13/h2-5,8-9H,6-7H2,1H3,(H,17,20)(H,18,19). The molecule has 6 heteroatoms. The number of furan rings is 1. The van der Waals surface area contributed by atoms with Crippen molar-refractivity contribution in [2.75, 3.05) is 11.9 Å². The number of carbonyl (C=O) groups is 2. The summed E-state index contributed by atoms with van der Waals surface area (Å²) in [5.41, 5.74) is 1.92. The first kappa shape index (κ1) is 15.6. The van der Waals surface area contributed by atoms with E-state index in [-0.39, 0.29) is 30.5 Å². The van der Waals surface area contributed by atoms with Crippen LogP contribution in [0.15, 0.2) is 41.0 Å². The number of rotatable bonds is 5. The maximum absolute atomic E-state index is 11.8. The van der Waals surface area contributed by atoms with E-state index in [9.17, 15) is 9.59 Å². The molecule has 2 rings (SSSR count). The van der Waals surface area contributed by atoms with E-state index in [1.807, 2.05) is 25.1 Å². The molecule has 0 saturated carbocycles. The fourth-order valence-electron chi connectivity index (χ4n) is 1.68. The van der Waals surface area contributed by atoms with E-state index < -0.39 is 0 Å². The molecule has 1 aromatic carbocycles. The zero-order valence-electron chi connectivity index (χ0n) is 11.5. The van der Waals surface area contributed by atoms with Crippen molar-refractivity contribution < 1.29 is 14.0 Å². The third kappa shape index (κ3) is 4.59. The van der Waals surface area contributed by atoms with E-state index in [0.29, 0.717) is 0 Å². The molecule has 0 unspecified atom stereocenters. The topological polar surface area (TPSA) is 71.3 Å². The second-order valence-corrected chi connectivity index (χ2v) is 5.66. The van der Waals surface area contributed by atoms with Crippen molar-refractivity contribution >= 4 is 40.1 Å². The summed E-state index contributed by atoms with van der Waals surface area (Å²) in [5.74, 6) is -0.226. The fraction of sp³-hybridized carbons (Fsp3) is 0.200. The van der Waals surface area contributed by atoms with Crippen LogP contribution < -0.4 is 10.6 Å². The number of aryl methyl sites for hydroxylation is 1. The third-order valence-electron chi connectivity index (χ3n) is 2.84. The average Bonchev–Trinajstić information content (AvgIpc) is 2.97. The Bertz CT molecular complexity index is 638. The van der Waals surface area contributed by atoms with Crippen molar-refractivity contribution in [3.8, 4) is 0 Å². The lowest BCUT2D eigenvalue weighted by atomic mass is 10.2. The van der Waals surface area contributed by atoms with E-state index in [4.69, 9.17) is 4.42 Å². The lowest BCUT2D eigenvalue weighted by Gasteiger charge is -2.07. The Morgan fingerprint density at radius 3 is 2.76 bits per heavy atom. The number of hydrogen-bond donors (Lipinski definition) is 2. The number of carbonyl (C=O) groups excluding carboxylic acids is 2. The molecule has 0 fully saturated rings. The Morgan fingerprint density at radius 2 is 2.10 bits per heavy atom.